The average molecular weight is 447 g/mol. The highest BCUT2D eigenvalue weighted by molar-refractivity contribution is 7.89. The van der Waals surface area contributed by atoms with Gasteiger partial charge in [0.25, 0.3) is 0 Å². The van der Waals surface area contributed by atoms with E-state index in [1.807, 2.05) is 0 Å². The topological polar surface area (TPSA) is 93.6 Å². The van der Waals surface area contributed by atoms with Crippen LogP contribution < -0.4 is 14.4 Å². The minimum atomic E-state index is -3.80. The zero-order valence-corrected chi connectivity index (χ0v) is 17.5. The minimum Gasteiger partial charge on any atom is -0.476 e. The zero-order valence-electron chi connectivity index (χ0n) is 15.2. The molecule has 2 aromatic rings. The van der Waals surface area contributed by atoms with Crippen molar-refractivity contribution in [1.29, 1.82) is 0 Å². The summed E-state index contributed by atoms with van der Waals surface area (Å²) in [7, 11) is -3.80. The number of morpholine rings is 1. The Kier molecular flexibility index (Phi) is 6.95. The lowest BCUT2D eigenvalue weighted by Crippen LogP contribution is -2.37. The van der Waals surface area contributed by atoms with Crippen molar-refractivity contribution in [3.63, 3.8) is 0 Å². The Morgan fingerprint density at radius 2 is 2.00 bits per heavy atom. The van der Waals surface area contributed by atoms with Crippen LogP contribution in [0.1, 0.15) is 5.82 Å². The van der Waals surface area contributed by atoms with Gasteiger partial charge in [-0.15, -0.1) is 0 Å². The molecule has 0 atom stereocenters. The summed E-state index contributed by atoms with van der Waals surface area (Å²) < 4.78 is 38.1. The van der Waals surface area contributed by atoms with E-state index < -0.39 is 10.0 Å². The van der Waals surface area contributed by atoms with E-state index in [9.17, 15) is 8.42 Å². The van der Waals surface area contributed by atoms with Crippen LogP contribution in [0.15, 0.2) is 29.2 Å². The molecule has 2 heterocycles. The van der Waals surface area contributed by atoms with E-state index in [0.29, 0.717) is 24.9 Å². The van der Waals surface area contributed by atoms with Crippen molar-refractivity contribution < 1.29 is 17.9 Å². The molecule has 28 heavy (non-hydrogen) atoms. The number of nitrogens with one attached hydrogen (secondary N) is 1. The van der Waals surface area contributed by atoms with Gasteiger partial charge in [0.1, 0.15) is 23.1 Å². The van der Waals surface area contributed by atoms with Crippen molar-refractivity contribution in [2.24, 2.45) is 0 Å². The largest absolute Gasteiger partial charge is 0.476 e. The second-order valence-electron chi connectivity index (χ2n) is 6.01. The van der Waals surface area contributed by atoms with Gasteiger partial charge in [-0.1, -0.05) is 29.3 Å². The van der Waals surface area contributed by atoms with Gasteiger partial charge in [0.15, 0.2) is 0 Å². The van der Waals surface area contributed by atoms with E-state index in [0.717, 1.165) is 18.9 Å². The Balaban J connectivity index is 1.59. The van der Waals surface area contributed by atoms with E-state index in [1.54, 1.807) is 13.0 Å². The summed E-state index contributed by atoms with van der Waals surface area (Å²) in [4.78, 5) is 10.7. The Morgan fingerprint density at radius 3 is 2.75 bits per heavy atom. The highest BCUT2D eigenvalue weighted by Gasteiger charge is 2.19. The third kappa shape index (κ3) is 5.24. The van der Waals surface area contributed by atoms with Crippen molar-refractivity contribution >= 4 is 39.0 Å². The molecule has 1 saturated heterocycles. The molecule has 0 bridgehead atoms. The Labute approximate surface area is 173 Å². The fraction of sp³-hybridized carbons (Fsp3) is 0.412. The Hall–Kier alpha value is -1.65. The van der Waals surface area contributed by atoms with Gasteiger partial charge in [-0.3, -0.25) is 0 Å². The molecule has 1 aromatic heterocycles. The van der Waals surface area contributed by atoms with Crippen LogP contribution in [0.3, 0.4) is 0 Å². The molecule has 1 N–H and O–H groups in total. The van der Waals surface area contributed by atoms with Crippen LogP contribution in [0.5, 0.6) is 5.88 Å². The minimum absolute atomic E-state index is 0.0147. The van der Waals surface area contributed by atoms with Crippen LogP contribution in [0.2, 0.25) is 10.0 Å². The molecule has 0 aliphatic carbocycles. The third-order valence-electron chi connectivity index (χ3n) is 3.99. The number of hydrogen-bond acceptors (Lipinski definition) is 7. The summed E-state index contributed by atoms with van der Waals surface area (Å²) >= 11 is 11.9. The Morgan fingerprint density at radius 1 is 1.25 bits per heavy atom. The molecule has 1 aromatic carbocycles. The summed E-state index contributed by atoms with van der Waals surface area (Å²) in [5.41, 5.74) is 0. The van der Waals surface area contributed by atoms with E-state index in [2.05, 4.69) is 19.6 Å². The predicted molar refractivity (Wildman–Crippen MR) is 107 cm³/mol. The number of nitrogens with zero attached hydrogens (tertiary/aromatic N) is 3. The molecule has 3 rings (SSSR count). The van der Waals surface area contributed by atoms with E-state index in [1.165, 1.54) is 18.2 Å². The summed E-state index contributed by atoms with van der Waals surface area (Å²) in [6.45, 7) is 4.70. The number of rotatable bonds is 7. The number of ether oxygens (including phenoxy) is 2. The SMILES string of the molecule is Cc1nc(OCCNS(=O)(=O)c2cccc(Cl)c2Cl)cc(N2CCOCC2)n1. The fourth-order valence-corrected chi connectivity index (χ4v) is 4.43. The molecule has 0 amide bonds. The number of aromatic nitrogens is 2. The molecule has 1 aliphatic heterocycles. The third-order valence-corrected chi connectivity index (χ3v) is 6.42. The molecule has 8 nitrogen and oxygen atoms in total. The molecule has 0 unspecified atom stereocenters. The lowest BCUT2D eigenvalue weighted by molar-refractivity contribution is 0.122. The van der Waals surface area contributed by atoms with Crippen molar-refractivity contribution in [1.82, 2.24) is 14.7 Å². The number of anilines is 1. The van der Waals surface area contributed by atoms with Crippen molar-refractivity contribution in [2.75, 3.05) is 44.4 Å². The van der Waals surface area contributed by atoms with Crippen molar-refractivity contribution in [3.8, 4) is 5.88 Å². The molecule has 1 aliphatic rings. The highest BCUT2D eigenvalue weighted by Crippen LogP contribution is 2.28. The summed E-state index contributed by atoms with van der Waals surface area (Å²) in [6.07, 6.45) is 0. The molecule has 152 valence electrons. The van der Waals surface area contributed by atoms with Crippen LogP contribution in [0.25, 0.3) is 0 Å². The smallest absolute Gasteiger partial charge is 0.242 e. The second kappa shape index (κ2) is 9.23. The van der Waals surface area contributed by atoms with Gasteiger partial charge in [-0.25, -0.2) is 18.1 Å². The van der Waals surface area contributed by atoms with Crippen molar-refractivity contribution in [2.45, 2.75) is 11.8 Å². The van der Waals surface area contributed by atoms with E-state index in [4.69, 9.17) is 32.7 Å². The second-order valence-corrected chi connectivity index (χ2v) is 8.53. The van der Waals surface area contributed by atoms with Crippen LogP contribution in [0.4, 0.5) is 5.82 Å². The fourth-order valence-electron chi connectivity index (χ4n) is 2.65. The van der Waals surface area contributed by atoms with Gasteiger partial charge in [0.05, 0.1) is 23.3 Å². The first kappa shape index (κ1) is 21.1. The molecular formula is C17H20Cl2N4O4S. The first-order valence-corrected chi connectivity index (χ1v) is 10.9. The van der Waals surface area contributed by atoms with E-state index in [-0.39, 0.29) is 28.1 Å². The monoisotopic (exact) mass is 446 g/mol. The summed E-state index contributed by atoms with van der Waals surface area (Å²) in [5, 5.41) is 0.159. The summed E-state index contributed by atoms with van der Waals surface area (Å²) in [6, 6.07) is 6.17. The lowest BCUT2D eigenvalue weighted by atomic mass is 10.4. The van der Waals surface area contributed by atoms with Crippen molar-refractivity contribution in [3.05, 3.63) is 40.1 Å². The maximum Gasteiger partial charge on any atom is 0.242 e. The first-order chi connectivity index (χ1) is 13.4. The quantitative estimate of drug-likeness (QED) is 0.651. The van der Waals surface area contributed by atoms with Gasteiger partial charge < -0.3 is 14.4 Å². The van der Waals surface area contributed by atoms with Gasteiger partial charge >= 0.3 is 0 Å². The zero-order chi connectivity index (χ0) is 20.1. The first-order valence-electron chi connectivity index (χ1n) is 8.62. The van der Waals surface area contributed by atoms with Gasteiger partial charge in [0, 0.05) is 25.7 Å². The van der Waals surface area contributed by atoms with Crippen LogP contribution in [-0.4, -0.2) is 57.8 Å². The number of aryl methyl sites for hydroxylation is 1. The number of halogens is 2. The number of hydrogen-bond donors (Lipinski definition) is 1. The van der Waals surface area contributed by atoms with Gasteiger partial charge in [-0.05, 0) is 19.1 Å². The maximum absolute atomic E-state index is 12.4. The van der Waals surface area contributed by atoms with Gasteiger partial charge in [-0.2, -0.15) is 4.98 Å². The van der Waals surface area contributed by atoms with E-state index >= 15 is 0 Å². The average Bonchev–Trinajstić information content (AvgIpc) is 2.67. The maximum atomic E-state index is 12.4. The summed E-state index contributed by atoms with van der Waals surface area (Å²) in [5.74, 6) is 1.72. The number of sulfonamides is 1. The Bertz CT molecular complexity index is 937. The molecule has 0 spiro atoms. The lowest BCUT2D eigenvalue weighted by Gasteiger charge is -2.28. The number of benzene rings is 1. The molecule has 0 saturated carbocycles. The highest BCUT2D eigenvalue weighted by atomic mass is 35.5. The van der Waals surface area contributed by atoms with Crippen LogP contribution >= 0.6 is 23.2 Å². The molecule has 0 radical (unpaired) electrons. The molecule has 1 fully saturated rings. The van der Waals surface area contributed by atoms with Gasteiger partial charge in [0.2, 0.25) is 15.9 Å². The predicted octanol–water partition coefficient (Wildman–Crippen LogP) is 2.29. The van der Waals surface area contributed by atoms with Crippen LogP contribution in [0, 0.1) is 6.92 Å². The normalized spacial score (nSPS) is 14.9. The van der Waals surface area contributed by atoms with Crippen LogP contribution in [-0.2, 0) is 14.8 Å². The molecule has 11 heteroatoms. The molecular weight excluding hydrogens is 427 g/mol. The standard InChI is InChI=1S/C17H20Cl2N4O4S/c1-12-21-15(23-6-9-26-10-7-23)11-16(22-12)27-8-5-20-28(24,25)14-4-2-3-13(18)17(14)19/h2-4,11,20H,5-10H2,1H3.